The third kappa shape index (κ3) is 7.24. The number of esters is 2. The fourth-order valence-corrected chi connectivity index (χ4v) is 4.04. The first-order valence-electron chi connectivity index (χ1n) is 12.7. The zero-order valence-corrected chi connectivity index (χ0v) is 22.9. The molecule has 12 heteroatoms. The molecule has 0 aliphatic heterocycles. The summed E-state index contributed by atoms with van der Waals surface area (Å²) < 4.78 is 20.6. The highest BCUT2D eigenvalue weighted by Crippen LogP contribution is 2.20. The largest absolute Gasteiger partial charge is 0.497 e. The van der Waals surface area contributed by atoms with E-state index in [9.17, 15) is 29.1 Å². The molecule has 0 saturated carbocycles. The van der Waals surface area contributed by atoms with E-state index >= 15 is 0 Å². The Labute approximate surface area is 245 Å². The second-order valence-corrected chi connectivity index (χ2v) is 8.92. The molecule has 0 aliphatic rings. The van der Waals surface area contributed by atoms with Crippen LogP contribution in [0.15, 0.2) is 91.0 Å². The normalized spacial score (nSPS) is 11.9. The average molecular weight is 587 g/mol. The van der Waals surface area contributed by atoms with Crippen LogP contribution in [-0.2, 0) is 19.1 Å². The van der Waals surface area contributed by atoms with Gasteiger partial charge in [0, 0.05) is 5.56 Å². The average Bonchev–Trinajstić information content (AvgIpc) is 3.04. The number of carbonyl (C=O) groups is 5. The van der Waals surface area contributed by atoms with Gasteiger partial charge in [0.2, 0.25) is 12.2 Å². The van der Waals surface area contributed by atoms with Crippen molar-refractivity contribution in [1.29, 1.82) is 0 Å². The van der Waals surface area contributed by atoms with E-state index in [1.54, 1.807) is 48.5 Å². The van der Waals surface area contributed by atoms with Crippen LogP contribution in [0.25, 0.3) is 10.8 Å². The van der Waals surface area contributed by atoms with E-state index < -0.39 is 41.9 Å². The van der Waals surface area contributed by atoms with Crippen molar-refractivity contribution in [2.75, 3.05) is 14.2 Å². The van der Waals surface area contributed by atoms with Crippen LogP contribution >= 0.6 is 0 Å². The summed E-state index contributed by atoms with van der Waals surface area (Å²) >= 11 is 0. The Hall–Kier alpha value is -5.91. The summed E-state index contributed by atoms with van der Waals surface area (Å²) in [7, 11) is 2.74. The molecule has 0 radical (unpaired) electrons. The van der Waals surface area contributed by atoms with Gasteiger partial charge < -0.3 is 24.1 Å². The van der Waals surface area contributed by atoms with Crippen LogP contribution in [-0.4, -0.2) is 61.3 Å². The molecule has 0 aromatic heterocycles. The molecule has 220 valence electrons. The lowest BCUT2D eigenvalue weighted by Crippen LogP contribution is -2.54. The maximum atomic E-state index is 13.3. The quantitative estimate of drug-likeness (QED) is 0.186. The molecule has 12 nitrogen and oxygen atoms in total. The van der Waals surface area contributed by atoms with Crippen molar-refractivity contribution in [2.45, 2.75) is 12.2 Å². The molecule has 4 aromatic rings. The molecule has 0 aliphatic carbocycles. The van der Waals surface area contributed by atoms with Gasteiger partial charge >= 0.3 is 17.9 Å². The lowest BCUT2D eigenvalue weighted by molar-refractivity contribution is -0.159. The first-order chi connectivity index (χ1) is 20.7. The SMILES string of the molecule is COc1cccc(C(=O)O[C@H](C(=O)NNC(=O)c2cccc3ccccc23)[C@@H](OC(=O)c2cccc(OC)c2)C(=O)O)c1. The number of rotatable bonds is 10. The van der Waals surface area contributed by atoms with Crippen LogP contribution < -0.4 is 20.3 Å². The second-order valence-electron chi connectivity index (χ2n) is 8.92. The first kappa shape index (κ1) is 30.1. The Morgan fingerprint density at radius 1 is 0.651 bits per heavy atom. The fraction of sp³-hybridized carbons (Fsp3) is 0.129. The third-order valence-corrected chi connectivity index (χ3v) is 6.19. The van der Waals surface area contributed by atoms with Crippen LogP contribution in [0.5, 0.6) is 11.5 Å². The number of hydrogen-bond acceptors (Lipinski definition) is 9. The molecule has 3 N–H and O–H groups in total. The van der Waals surface area contributed by atoms with Crippen LogP contribution in [0.4, 0.5) is 0 Å². The number of benzene rings is 4. The van der Waals surface area contributed by atoms with E-state index in [0.29, 0.717) is 5.39 Å². The monoisotopic (exact) mass is 586 g/mol. The van der Waals surface area contributed by atoms with E-state index in [-0.39, 0.29) is 28.2 Å². The van der Waals surface area contributed by atoms with Gasteiger partial charge in [0.15, 0.2) is 0 Å². The molecule has 4 aromatic carbocycles. The Kier molecular flexibility index (Phi) is 9.53. The lowest BCUT2D eigenvalue weighted by Gasteiger charge is -2.23. The Morgan fingerprint density at radius 2 is 1.19 bits per heavy atom. The zero-order valence-electron chi connectivity index (χ0n) is 22.9. The molecule has 0 bridgehead atoms. The molecular formula is C31H26N2O10. The molecule has 0 saturated heterocycles. The second kappa shape index (κ2) is 13.6. The van der Waals surface area contributed by atoms with E-state index in [1.807, 2.05) is 0 Å². The number of aliphatic carboxylic acids is 1. The Bertz CT molecular complexity index is 1680. The number of fused-ring (bicyclic) bond motifs is 1. The number of amides is 2. The molecule has 0 fully saturated rings. The van der Waals surface area contributed by atoms with Crippen molar-refractivity contribution in [3.8, 4) is 11.5 Å². The number of ether oxygens (including phenoxy) is 4. The van der Waals surface area contributed by atoms with Gasteiger partial charge in [-0.05, 0) is 53.2 Å². The number of hydrogen-bond donors (Lipinski definition) is 3. The van der Waals surface area contributed by atoms with Crippen molar-refractivity contribution in [3.63, 3.8) is 0 Å². The summed E-state index contributed by atoms with van der Waals surface area (Å²) in [5.74, 6) is -5.49. The summed E-state index contributed by atoms with van der Waals surface area (Å²) in [6, 6.07) is 23.4. The van der Waals surface area contributed by atoms with Gasteiger partial charge in [0.25, 0.3) is 11.8 Å². The van der Waals surface area contributed by atoms with Gasteiger partial charge in [-0.25, -0.2) is 14.4 Å². The van der Waals surface area contributed by atoms with Gasteiger partial charge in [-0.3, -0.25) is 20.4 Å². The molecule has 2 atom stereocenters. The van der Waals surface area contributed by atoms with Crippen LogP contribution in [0.1, 0.15) is 31.1 Å². The highest BCUT2D eigenvalue weighted by Gasteiger charge is 2.41. The van der Waals surface area contributed by atoms with Gasteiger partial charge in [0.05, 0.1) is 25.3 Å². The predicted molar refractivity (Wildman–Crippen MR) is 152 cm³/mol. The first-order valence-corrected chi connectivity index (χ1v) is 12.7. The predicted octanol–water partition coefficient (Wildman–Crippen LogP) is 3.15. The summed E-state index contributed by atoms with van der Waals surface area (Å²) in [6.45, 7) is 0. The summed E-state index contributed by atoms with van der Waals surface area (Å²) in [5.41, 5.74) is 4.31. The third-order valence-electron chi connectivity index (χ3n) is 6.19. The van der Waals surface area contributed by atoms with Gasteiger partial charge in [-0.2, -0.15) is 0 Å². The molecule has 4 rings (SSSR count). The summed E-state index contributed by atoms with van der Waals surface area (Å²) in [4.78, 5) is 64.4. The minimum atomic E-state index is -2.32. The molecule has 43 heavy (non-hydrogen) atoms. The van der Waals surface area contributed by atoms with E-state index in [4.69, 9.17) is 18.9 Å². The van der Waals surface area contributed by atoms with Crippen LogP contribution in [0.2, 0.25) is 0 Å². The number of nitrogens with one attached hydrogen (secondary N) is 2. The standard InChI is InChI=1S/C31H26N2O10/c1-40-21-12-5-10-19(16-21)30(38)42-25(26(29(36)37)43-31(39)20-11-6-13-22(17-20)41-2)28(35)33-32-27(34)24-15-7-9-18-8-3-4-14-23(18)24/h3-17,25-26H,1-2H3,(H,32,34)(H,33,35)(H,36,37)/t25-,26+/m0/s1. The molecule has 0 unspecified atom stereocenters. The van der Waals surface area contributed by atoms with E-state index in [0.717, 1.165) is 5.39 Å². The number of hydrazine groups is 1. The van der Waals surface area contributed by atoms with Crippen LogP contribution in [0.3, 0.4) is 0 Å². The molecule has 2 amide bonds. The Morgan fingerprint density at radius 3 is 1.77 bits per heavy atom. The minimum Gasteiger partial charge on any atom is -0.497 e. The summed E-state index contributed by atoms with van der Waals surface area (Å²) in [5, 5.41) is 11.3. The highest BCUT2D eigenvalue weighted by molar-refractivity contribution is 6.07. The van der Waals surface area contributed by atoms with Crippen molar-refractivity contribution < 1.29 is 48.0 Å². The Balaban J connectivity index is 1.60. The van der Waals surface area contributed by atoms with Gasteiger partial charge in [-0.1, -0.05) is 48.5 Å². The minimum absolute atomic E-state index is 0.0831. The van der Waals surface area contributed by atoms with Crippen molar-refractivity contribution in [1.82, 2.24) is 10.9 Å². The topological polar surface area (TPSA) is 167 Å². The summed E-state index contributed by atoms with van der Waals surface area (Å²) in [6.07, 6.45) is -4.55. The fourth-order valence-electron chi connectivity index (χ4n) is 4.04. The van der Waals surface area contributed by atoms with Gasteiger partial charge in [0.1, 0.15) is 11.5 Å². The van der Waals surface area contributed by atoms with Crippen molar-refractivity contribution >= 4 is 40.5 Å². The lowest BCUT2D eigenvalue weighted by atomic mass is 10.0. The smallest absolute Gasteiger partial charge is 0.349 e. The van der Waals surface area contributed by atoms with E-state index in [2.05, 4.69) is 10.9 Å². The molecular weight excluding hydrogens is 560 g/mol. The number of carboxylic acids is 1. The molecule has 0 spiro atoms. The van der Waals surface area contributed by atoms with Crippen LogP contribution in [0, 0.1) is 0 Å². The maximum Gasteiger partial charge on any atom is 0.349 e. The number of carbonyl (C=O) groups excluding carboxylic acids is 4. The van der Waals surface area contributed by atoms with Crippen molar-refractivity contribution in [2.24, 2.45) is 0 Å². The highest BCUT2D eigenvalue weighted by atomic mass is 16.6. The van der Waals surface area contributed by atoms with E-state index in [1.165, 1.54) is 56.7 Å². The molecule has 0 heterocycles. The van der Waals surface area contributed by atoms with Gasteiger partial charge in [-0.15, -0.1) is 0 Å². The maximum absolute atomic E-state index is 13.3. The zero-order chi connectivity index (χ0) is 30.9. The van der Waals surface area contributed by atoms with Crippen molar-refractivity contribution in [3.05, 3.63) is 108 Å². The number of carboxylic acid groups (broad SMARTS) is 1. The number of methoxy groups -OCH3 is 2.